The van der Waals surface area contributed by atoms with Crippen LogP contribution in [-0.4, -0.2) is 73.9 Å². The van der Waals surface area contributed by atoms with Gasteiger partial charge in [0.05, 0.1) is 18.2 Å². The van der Waals surface area contributed by atoms with Gasteiger partial charge in [0.2, 0.25) is 0 Å². The third-order valence-electron chi connectivity index (χ3n) is 7.64. The molecule has 0 unspecified atom stereocenters. The number of aryl methyl sites for hydroxylation is 1. The van der Waals surface area contributed by atoms with Crippen molar-refractivity contribution < 1.29 is 4.74 Å². The van der Waals surface area contributed by atoms with Crippen molar-refractivity contribution in [3.05, 3.63) is 87.5 Å². The minimum absolute atomic E-state index is 0.0924. The van der Waals surface area contributed by atoms with Crippen LogP contribution in [-0.2, 0) is 17.8 Å². The van der Waals surface area contributed by atoms with Crippen LogP contribution in [0.4, 0.5) is 0 Å². The average Bonchev–Trinajstić information content (AvgIpc) is 3.60. The number of hydrogen-bond donors (Lipinski definition) is 1. The van der Waals surface area contributed by atoms with Crippen molar-refractivity contribution in [1.82, 2.24) is 35.0 Å². The number of fused-ring (bicyclic) bond motifs is 1. The van der Waals surface area contributed by atoms with Gasteiger partial charge in [0.15, 0.2) is 5.82 Å². The Hall–Kier alpha value is -3.40. The number of para-hydroxylation sites is 1. The molecule has 2 aromatic heterocycles. The molecule has 9 heteroatoms. The maximum Gasteiger partial charge on any atom is 0.253 e. The number of aromatic amines is 1. The van der Waals surface area contributed by atoms with E-state index in [-0.39, 0.29) is 17.7 Å². The Bertz CT molecular complexity index is 1400. The lowest BCUT2D eigenvalue weighted by Crippen LogP contribution is -2.48. The van der Waals surface area contributed by atoms with Crippen molar-refractivity contribution in [2.45, 2.75) is 45.0 Å². The topological polar surface area (TPSA) is 92.2 Å². The van der Waals surface area contributed by atoms with E-state index in [4.69, 9.17) is 4.74 Å². The number of nitrogens with one attached hydrogen (secondary N) is 1. The maximum absolute atomic E-state index is 13.5. The van der Waals surface area contributed by atoms with Gasteiger partial charge in [0, 0.05) is 44.9 Å². The second kappa shape index (κ2) is 10.5. The molecule has 37 heavy (non-hydrogen) atoms. The highest BCUT2D eigenvalue weighted by Gasteiger charge is 2.33. The molecule has 6 rings (SSSR count). The lowest BCUT2D eigenvalue weighted by atomic mass is 10.0. The maximum atomic E-state index is 13.5. The van der Waals surface area contributed by atoms with Gasteiger partial charge < -0.3 is 9.72 Å². The molecule has 0 bridgehead atoms. The Labute approximate surface area is 216 Å². The molecule has 2 aromatic carbocycles. The van der Waals surface area contributed by atoms with Crippen molar-refractivity contribution in [1.29, 1.82) is 0 Å². The van der Waals surface area contributed by atoms with Gasteiger partial charge >= 0.3 is 0 Å². The number of tetrazole rings is 1. The molecule has 4 aromatic rings. The summed E-state index contributed by atoms with van der Waals surface area (Å²) in [6, 6.07) is 18.3. The van der Waals surface area contributed by atoms with Crippen LogP contribution in [0.1, 0.15) is 41.4 Å². The monoisotopic (exact) mass is 499 g/mol. The van der Waals surface area contributed by atoms with Gasteiger partial charge in [-0.1, -0.05) is 48.5 Å². The molecule has 0 radical (unpaired) electrons. The van der Waals surface area contributed by atoms with E-state index < -0.39 is 0 Å². The molecule has 2 aliphatic rings. The Balaban J connectivity index is 1.33. The number of hydrogen-bond acceptors (Lipinski definition) is 7. The lowest BCUT2D eigenvalue weighted by Gasteiger charge is -2.38. The fraction of sp³-hybridized carbons (Fsp3) is 0.429. The summed E-state index contributed by atoms with van der Waals surface area (Å²) in [6.07, 6.45) is 2.15. The fourth-order valence-electron chi connectivity index (χ4n) is 5.64. The number of H-pyrrole nitrogens is 1. The van der Waals surface area contributed by atoms with Crippen LogP contribution in [0, 0.1) is 6.92 Å². The molecular formula is C28H33N7O2. The molecule has 2 atom stereocenters. The zero-order chi connectivity index (χ0) is 25.2. The third-order valence-corrected chi connectivity index (χ3v) is 7.64. The van der Waals surface area contributed by atoms with Crippen molar-refractivity contribution in [2.24, 2.45) is 0 Å². The standard InChI is InChI=1S/C28H33N7O2/c1-20-7-5-10-22-17-24(28(36)29-25(20)22)26(27-30-31-32-35(27)19-23-11-6-16-37-23)34-14-12-33(13-15-34)18-21-8-3-2-4-9-21/h2-5,7-10,17,23,26H,6,11-16,18-19H2,1H3,(H,29,36)/t23-,26-/m0/s1. The number of rotatable bonds is 7. The summed E-state index contributed by atoms with van der Waals surface area (Å²) in [7, 11) is 0. The first-order chi connectivity index (χ1) is 18.2. The Kier molecular flexibility index (Phi) is 6.82. The predicted octanol–water partition coefficient (Wildman–Crippen LogP) is 2.91. The van der Waals surface area contributed by atoms with Crippen LogP contribution < -0.4 is 5.56 Å². The summed E-state index contributed by atoms with van der Waals surface area (Å²) < 4.78 is 7.72. The molecule has 2 fully saturated rings. The molecule has 0 aliphatic carbocycles. The highest BCUT2D eigenvalue weighted by Crippen LogP contribution is 2.29. The minimum atomic E-state index is -0.344. The number of ether oxygens (including phenoxy) is 1. The molecule has 2 aliphatic heterocycles. The third kappa shape index (κ3) is 5.07. The van der Waals surface area contributed by atoms with Crippen LogP contribution in [0.15, 0.2) is 59.4 Å². The first kappa shape index (κ1) is 24.0. The highest BCUT2D eigenvalue weighted by atomic mass is 16.5. The number of nitrogens with zero attached hydrogens (tertiary/aromatic N) is 6. The van der Waals surface area contributed by atoms with Gasteiger partial charge in [-0.2, -0.15) is 0 Å². The van der Waals surface area contributed by atoms with Crippen LogP contribution >= 0.6 is 0 Å². The minimum Gasteiger partial charge on any atom is -0.376 e. The van der Waals surface area contributed by atoms with Crippen molar-refractivity contribution in [2.75, 3.05) is 32.8 Å². The van der Waals surface area contributed by atoms with Gasteiger partial charge in [0.1, 0.15) is 6.04 Å². The predicted molar refractivity (Wildman–Crippen MR) is 141 cm³/mol. The van der Waals surface area contributed by atoms with Crippen molar-refractivity contribution in [3.8, 4) is 0 Å². The van der Waals surface area contributed by atoms with E-state index in [2.05, 4.69) is 60.6 Å². The number of aromatic nitrogens is 5. The molecule has 4 heterocycles. The SMILES string of the molecule is Cc1cccc2cc([C@@H](c3nnnn3C[C@@H]3CCCO3)N3CCN(Cc4ccccc4)CC3)c(=O)[nH]c12. The molecule has 1 N–H and O–H groups in total. The first-order valence-corrected chi connectivity index (χ1v) is 13.2. The number of pyridine rings is 1. The van der Waals surface area contributed by atoms with Gasteiger partial charge in [-0.15, -0.1) is 5.10 Å². The smallest absolute Gasteiger partial charge is 0.253 e. The van der Waals surface area contributed by atoms with Gasteiger partial charge in [-0.05, 0) is 52.8 Å². The second-order valence-corrected chi connectivity index (χ2v) is 10.1. The van der Waals surface area contributed by atoms with E-state index in [1.165, 1.54) is 5.56 Å². The van der Waals surface area contributed by atoms with E-state index in [1.807, 2.05) is 35.9 Å². The summed E-state index contributed by atoms with van der Waals surface area (Å²) in [4.78, 5) is 21.5. The van der Waals surface area contributed by atoms with Crippen molar-refractivity contribution in [3.63, 3.8) is 0 Å². The Morgan fingerprint density at radius 2 is 1.92 bits per heavy atom. The zero-order valence-corrected chi connectivity index (χ0v) is 21.2. The van der Waals surface area contributed by atoms with E-state index in [9.17, 15) is 4.79 Å². The van der Waals surface area contributed by atoms with Crippen LogP contribution in [0.5, 0.6) is 0 Å². The second-order valence-electron chi connectivity index (χ2n) is 10.1. The van der Waals surface area contributed by atoms with E-state index in [0.717, 1.165) is 68.6 Å². The molecule has 0 saturated carbocycles. The Morgan fingerprint density at radius 3 is 2.70 bits per heavy atom. The highest BCUT2D eigenvalue weighted by molar-refractivity contribution is 5.82. The molecule has 2 saturated heterocycles. The lowest BCUT2D eigenvalue weighted by molar-refractivity contribution is 0.0840. The van der Waals surface area contributed by atoms with Crippen LogP contribution in [0.3, 0.4) is 0 Å². The molecule has 192 valence electrons. The van der Waals surface area contributed by atoms with Gasteiger partial charge in [-0.25, -0.2) is 4.68 Å². The fourth-order valence-corrected chi connectivity index (χ4v) is 5.64. The summed E-state index contributed by atoms with van der Waals surface area (Å²) >= 11 is 0. The molecular weight excluding hydrogens is 466 g/mol. The first-order valence-electron chi connectivity index (χ1n) is 13.2. The quantitative estimate of drug-likeness (QED) is 0.418. The van der Waals surface area contributed by atoms with Crippen LogP contribution in [0.2, 0.25) is 0 Å². The van der Waals surface area contributed by atoms with Crippen molar-refractivity contribution >= 4 is 10.9 Å². The van der Waals surface area contributed by atoms with Gasteiger partial charge in [0.25, 0.3) is 5.56 Å². The van der Waals surface area contributed by atoms with Crippen LogP contribution in [0.25, 0.3) is 10.9 Å². The summed E-state index contributed by atoms with van der Waals surface area (Å²) in [5.41, 5.74) is 3.83. The van der Waals surface area contributed by atoms with E-state index in [1.54, 1.807) is 0 Å². The Morgan fingerprint density at radius 1 is 1.08 bits per heavy atom. The van der Waals surface area contributed by atoms with E-state index in [0.29, 0.717) is 17.9 Å². The number of piperazine rings is 1. The van der Waals surface area contributed by atoms with E-state index >= 15 is 0 Å². The average molecular weight is 500 g/mol. The summed E-state index contributed by atoms with van der Waals surface area (Å²) in [5.74, 6) is 0.699. The normalized spacial score (nSPS) is 20.0. The molecule has 0 spiro atoms. The molecule has 0 amide bonds. The summed E-state index contributed by atoms with van der Waals surface area (Å²) in [6.45, 7) is 7.75. The largest absolute Gasteiger partial charge is 0.376 e. The summed E-state index contributed by atoms with van der Waals surface area (Å²) in [5, 5.41) is 13.9. The zero-order valence-electron chi connectivity index (χ0n) is 21.2. The number of benzene rings is 2. The van der Waals surface area contributed by atoms with Gasteiger partial charge in [-0.3, -0.25) is 14.6 Å². The molecule has 9 nitrogen and oxygen atoms in total.